The van der Waals surface area contributed by atoms with Gasteiger partial charge in [-0.25, -0.2) is 0 Å². The number of likely N-dealkylation sites (N-methyl/N-ethyl adjacent to an activating group) is 1. The van der Waals surface area contributed by atoms with Crippen molar-refractivity contribution in [3.63, 3.8) is 0 Å². The minimum Gasteiger partial charge on any atom is -0.370 e. The van der Waals surface area contributed by atoms with Crippen molar-refractivity contribution in [2.24, 2.45) is 5.41 Å². The second-order valence-electron chi connectivity index (χ2n) is 5.97. The Hall–Kier alpha value is -1.02. The molecule has 0 saturated carbocycles. The maximum atomic E-state index is 3.70. The third-order valence-corrected chi connectivity index (χ3v) is 3.70. The van der Waals surface area contributed by atoms with Crippen LogP contribution in [0.3, 0.4) is 0 Å². The molecule has 1 heterocycles. The molecular formula is C15H24N2. The molecule has 1 aliphatic heterocycles. The van der Waals surface area contributed by atoms with Crippen LogP contribution in [0.25, 0.3) is 0 Å². The van der Waals surface area contributed by atoms with Gasteiger partial charge in [0.05, 0.1) is 0 Å². The lowest BCUT2D eigenvalue weighted by Gasteiger charge is -2.34. The highest BCUT2D eigenvalue weighted by Gasteiger charge is 2.28. The van der Waals surface area contributed by atoms with Gasteiger partial charge in [-0.3, -0.25) is 0 Å². The van der Waals surface area contributed by atoms with Crippen LogP contribution in [-0.2, 0) is 6.54 Å². The van der Waals surface area contributed by atoms with Crippen LogP contribution in [0.5, 0.6) is 0 Å². The van der Waals surface area contributed by atoms with Crippen LogP contribution in [0.4, 0.5) is 5.69 Å². The molecule has 1 atom stereocenters. The number of nitrogens with zero attached hydrogens (tertiary/aromatic N) is 1. The first-order valence-electron chi connectivity index (χ1n) is 6.58. The number of para-hydroxylation sites is 1. The van der Waals surface area contributed by atoms with E-state index in [0.29, 0.717) is 11.5 Å². The number of anilines is 1. The molecule has 0 amide bonds. The van der Waals surface area contributed by atoms with Gasteiger partial charge >= 0.3 is 0 Å². The molecule has 0 aromatic heterocycles. The molecule has 0 saturated heterocycles. The molecule has 94 valence electrons. The lowest BCUT2D eigenvalue weighted by Crippen LogP contribution is -2.46. The quantitative estimate of drug-likeness (QED) is 0.800. The Morgan fingerprint density at radius 1 is 1.29 bits per heavy atom. The lowest BCUT2D eigenvalue weighted by atomic mass is 9.86. The van der Waals surface area contributed by atoms with Crippen LogP contribution in [0.1, 0.15) is 33.3 Å². The summed E-state index contributed by atoms with van der Waals surface area (Å²) in [5, 5.41) is 3.70. The molecule has 1 aromatic carbocycles. The Bertz CT molecular complexity index is 379. The Balaban J connectivity index is 2.29. The smallest absolute Gasteiger partial charge is 0.0412 e. The van der Waals surface area contributed by atoms with E-state index in [1.807, 2.05) is 0 Å². The van der Waals surface area contributed by atoms with E-state index in [2.05, 4.69) is 62.2 Å². The fourth-order valence-corrected chi connectivity index (χ4v) is 2.46. The first-order valence-corrected chi connectivity index (χ1v) is 6.58. The first kappa shape index (κ1) is 12.4. The molecule has 0 aliphatic carbocycles. The summed E-state index contributed by atoms with van der Waals surface area (Å²) in [6.07, 6.45) is 0. The number of hydrogen-bond donors (Lipinski definition) is 1. The SMILES string of the molecule is CCN1CC(C(C)(C)C)NCc2ccccc21. The number of hydrogen-bond acceptors (Lipinski definition) is 2. The Kier molecular flexibility index (Phi) is 3.43. The van der Waals surface area contributed by atoms with E-state index in [1.54, 1.807) is 0 Å². The van der Waals surface area contributed by atoms with Crippen molar-refractivity contribution < 1.29 is 0 Å². The van der Waals surface area contributed by atoms with Crippen molar-refractivity contribution in [1.82, 2.24) is 5.32 Å². The van der Waals surface area contributed by atoms with Crippen molar-refractivity contribution in [2.45, 2.75) is 40.3 Å². The molecule has 1 N–H and O–H groups in total. The highest BCUT2D eigenvalue weighted by atomic mass is 15.2. The first-order chi connectivity index (χ1) is 8.02. The molecule has 0 radical (unpaired) electrons. The van der Waals surface area contributed by atoms with E-state index in [9.17, 15) is 0 Å². The third-order valence-electron chi connectivity index (χ3n) is 3.70. The molecule has 1 aromatic rings. The van der Waals surface area contributed by atoms with Crippen molar-refractivity contribution in [3.8, 4) is 0 Å². The zero-order valence-electron chi connectivity index (χ0n) is 11.5. The van der Waals surface area contributed by atoms with E-state index in [-0.39, 0.29) is 0 Å². The van der Waals surface area contributed by atoms with Gasteiger partial charge in [0, 0.05) is 31.4 Å². The van der Waals surface area contributed by atoms with Gasteiger partial charge in [0.15, 0.2) is 0 Å². The van der Waals surface area contributed by atoms with Gasteiger partial charge < -0.3 is 10.2 Å². The Morgan fingerprint density at radius 2 is 2.00 bits per heavy atom. The fourth-order valence-electron chi connectivity index (χ4n) is 2.46. The summed E-state index contributed by atoms with van der Waals surface area (Å²) in [7, 11) is 0. The predicted molar refractivity (Wildman–Crippen MR) is 74.4 cm³/mol. The molecule has 1 unspecified atom stereocenters. The summed E-state index contributed by atoms with van der Waals surface area (Å²) in [4.78, 5) is 2.49. The molecule has 0 spiro atoms. The van der Waals surface area contributed by atoms with Gasteiger partial charge in [-0.1, -0.05) is 39.0 Å². The highest BCUT2D eigenvalue weighted by Crippen LogP contribution is 2.28. The molecule has 2 rings (SSSR count). The predicted octanol–water partition coefficient (Wildman–Crippen LogP) is 3.03. The topological polar surface area (TPSA) is 15.3 Å². The van der Waals surface area contributed by atoms with Gasteiger partial charge in [-0.15, -0.1) is 0 Å². The van der Waals surface area contributed by atoms with E-state index < -0.39 is 0 Å². The van der Waals surface area contributed by atoms with Crippen molar-refractivity contribution >= 4 is 5.69 Å². The molecule has 0 fully saturated rings. The number of fused-ring (bicyclic) bond motifs is 1. The van der Waals surface area contributed by atoms with Crippen LogP contribution < -0.4 is 10.2 Å². The van der Waals surface area contributed by atoms with Crippen molar-refractivity contribution in [1.29, 1.82) is 0 Å². The number of benzene rings is 1. The van der Waals surface area contributed by atoms with E-state index in [1.165, 1.54) is 11.3 Å². The summed E-state index contributed by atoms with van der Waals surface area (Å²) in [6.45, 7) is 12.3. The molecule has 17 heavy (non-hydrogen) atoms. The van der Waals surface area contributed by atoms with Crippen LogP contribution in [-0.4, -0.2) is 19.1 Å². The molecular weight excluding hydrogens is 208 g/mol. The summed E-state index contributed by atoms with van der Waals surface area (Å²) in [6, 6.07) is 9.28. The van der Waals surface area contributed by atoms with Crippen LogP contribution in [0, 0.1) is 5.41 Å². The molecule has 2 nitrogen and oxygen atoms in total. The van der Waals surface area contributed by atoms with Crippen LogP contribution in [0.2, 0.25) is 0 Å². The fraction of sp³-hybridized carbons (Fsp3) is 0.600. The average molecular weight is 232 g/mol. The minimum atomic E-state index is 0.301. The summed E-state index contributed by atoms with van der Waals surface area (Å²) in [5.74, 6) is 0. The zero-order valence-corrected chi connectivity index (χ0v) is 11.5. The van der Waals surface area contributed by atoms with Gasteiger partial charge in [-0.2, -0.15) is 0 Å². The summed E-state index contributed by atoms with van der Waals surface area (Å²) >= 11 is 0. The number of rotatable bonds is 1. The van der Waals surface area contributed by atoms with Crippen molar-refractivity contribution in [3.05, 3.63) is 29.8 Å². The molecule has 0 bridgehead atoms. The standard InChI is InChI=1S/C15H24N2/c1-5-17-11-14(15(2,3)4)16-10-12-8-6-7-9-13(12)17/h6-9,14,16H,5,10-11H2,1-4H3. The Morgan fingerprint density at radius 3 is 2.65 bits per heavy atom. The van der Waals surface area contributed by atoms with Crippen molar-refractivity contribution in [2.75, 3.05) is 18.0 Å². The largest absolute Gasteiger partial charge is 0.370 e. The van der Waals surface area contributed by atoms with Gasteiger partial charge in [-0.05, 0) is 24.0 Å². The highest BCUT2D eigenvalue weighted by molar-refractivity contribution is 5.54. The van der Waals surface area contributed by atoms with E-state index >= 15 is 0 Å². The maximum absolute atomic E-state index is 3.70. The normalized spacial score (nSPS) is 20.9. The molecule has 2 heteroatoms. The zero-order chi connectivity index (χ0) is 12.5. The van der Waals surface area contributed by atoms with Gasteiger partial charge in [0.25, 0.3) is 0 Å². The maximum Gasteiger partial charge on any atom is 0.0412 e. The Labute approximate surface area is 105 Å². The lowest BCUT2D eigenvalue weighted by molar-refractivity contribution is 0.272. The van der Waals surface area contributed by atoms with Gasteiger partial charge in [0.2, 0.25) is 0 Å². The average Bonchev–Trinajstić information content (AvgIpc) is 2.47. The van der Waals surface area contributed by atoms with Gasteiger partial charge in [0.1, 0.15) is 0 Å². The summed E-state index contributed by atoms with van der Waals surface area (Å²) in [5.41, 5.74) is 3.12. The monoisotopic (exact) mass is 232 g/mol. The third kappa shape index (κ3) is 2.63. The molecule has 1 aliphatic rings. The van der Waals surface area contributed by atoms with E-state index in [4.69, 9.17) is 0 Å². The summed E-state index contributed by atoms with van der Waals surface area (Å²) < 4.78 is 0. The number of nitrogens with one attached hydrogen (secondary N) is 1. The van der Waals surface area contributed by atoms with Crippen LogP contribution >= 0.6 is 0 Å². The second-order valence-corrected chi connectivity index (χ2v) is 5.97. The van der Waals surface area contributed by atoms with Crippen LogP contribution in [0.15, 0.2) is 24.3 Å². The second kappa shape index (κ2) is 4.69. The van der Waals surface area contributed by atoms with E-state index in [0.717, 1.165) is 19.6 Å². The minimum absolute atomic E-state index is 0.301.